The molecule has 0 aliphatic heterocycles. The van der Waals surface area contributed by atoms with Gasteiger partial charge in [-0.05, 0) is 6.92 Å². The third-order valence-electron chi connectivity index (χ3n) is 0.575. The fourth-order valence-electron chi connectivity index (χ4n) is 0.157. The van der Waals surface area contributed by atoms with Gasteiger partial charge in [0.2, 0.25) is 0 Å². The molecule has 44 valence electrons. The Bertz CT molecular complexity index is 147. The molecule has 0 bridgehead atoms. The summed E-state index contributed by atoms with van der Waals surface area (Å²) in [4.78, 5) is 9.39. The second kappa shape index (κ2) is 3.05. The van der Waals surface area contributed by atoms with Crippen molar-refractivity contribution < 1.29 is 15.0 Å². The van der Waals surface area contributed by atoms with E-state index in [9.17, 15) is 4.79 Å². The molecule has 0 aromatic heterocycles. The average Bonchev–Trinajstić information content (AvgIpc) is 1.67. The zero-order valence-electron chi connectivity index (χ0n) is 4.38. The molecule has 0 saturated carbocycles. The molecule has 3 heteroatoms. The molecule has 0 saturated heterocycles. The van der Waals surface area contributed by atoms with Gasteiger partial charge in [0.25, 0.3) is 0 Å². The summed E-state index contributed by atoms with van der Waals surface area (Å²) in [5, 5.41) is 16.8. The fraction of sp³-hybridized carbons (Fsp3) is 0.400. The van der Waals surface area contributed by atoms with Crippen LogP contribution in [0.3, 0.4) is 0 Å². The standard InChI is InChI=1S/C5H6O3/c1-4(7)5(8)2-3-6/h4,7-8H,1H3. The molecule has 2 N–H and O–H groups in total. The van der Waals surface area contributed by atoms with Gasteiger partial charge >= 0.3 is 0 Å². The van der Waals surface area contributed by atoms with E-state index in [0.717, 1.165) is 0 Å². The largest absolute Gasteiger partial charge is 0.502 e. The van der Waals surface area contributed by atoms with Crippen molar-refractivity contribution in [2.75, 3.05) is 0 Å². The van der Waals surface area contributed by atoms with E-state index in [1.807, 2.05) is 0 Å². The van der Waals surface area contributed by atoms with Crippen molar-refractivity contribution in [3.63, 3.8) is 0 Å². The number of carbonyl (C=O) groups excluding carboxylic acids is 1. The van der Waals surface area contributed by atoms with Crippen LogP contribution in [-0.2, 0) is 4.79 Å². The minimum Gasteiger partial charge on any atom is -0.502 e. The second-order valence-corrected chi connectivity index (χ2v) is 1.29. The quantitative estimate of drug-likeness (QED) is 0.282. The van der Waals surface area contributed by atoms with E-state index >= 15 is 0 Å². The van der Waals surface area contributed by atoms with Crippen LogP contribution in [0.5, 0.6) is 0 Å². The summed E-state index contributed by atoms with van der Waals surface area (Å²) in [6, 6.07) is 0. The molecule has 0 amide bonds. The number of hydrogen-bond acceptors (Lipinski definition) is 3. The van der Waals surface area contributed by atoms with Gasteiger partial charge in [-0.3, -0.25) is 0 Å². The van der Waals surface area contributed by atoms with E-state index in [0.29, 0.717) is 0 Å². The smallest absolute Gasteiger partial charge is 0.180 e. The number of rotatable bonds is 1. The van der Waals surface area contributed by atoms with Gasteiger partial charge in [-0.25, -0.2) is 4.79 Å². The van der Waals surface area contributed by atoms with Crippen molar-refractivity contribution in [3.8, 4) is 0 Å². The van der Waals surface area contributed by atoms with Crippen LogP contribution in [0.2, 0.25) is 0 Å². The van der Waals surface area contributed by atoms with Gasteiger partial charge in [-0.2, -0.15) is 0 Å². The highest BCUT2D eigenvalue weighted by molar-refractivity contribution is 5.44. The maximum absolute atomic E-state index is 9.39. The first-order valence-electron chi connectivity index (χ1n) is 2.05. The van der Waals surface area contributed by atoms with E-state index in [1.165, 1.54) is 12.9 Å². The summed E-state index contributed by atoms with van der Waals surface area (Å²) < 4.78 is 0. The predicted molar refractivity (Wildman–Crippen MR) is 27.0 cm³/mol. The summed E-state index contributed by atoms with van der Waals surface area (Å²) in [7, 11) is 0. The lowest BCUT2D eigenvalue weighted by Crippen LogP contribution is -2.01. The van der Waals surface area contributed by atoms with Crippen molar-refractivity contribution >= 4 is 5.94 Å². The summed E-state index contributed by atoms with van der Waals surface area (Å²) in [6.45, 7) is 1.32. The molecule has 3 nitrogen and oxygen atoms in total. The second-order valence-electron chi connectivity index (χ2n) is 1.29. The Morgan fingerprint density at radius 3 is 2.38 bits per heavy atom. The zero-order valence-corrected chi connectivity index (χ0v) is 4.38. The zero-order chi connectivity index (χ0) is 6.57. The van der Waals surface area contributed by atoms with Crippen LogP contribution in [0.25, 0.3) is 0 Å². The van der Waals surface area contributed by atoms with Gasteiger partial charge in [0.1, 0.15) is 6.10 Å². The molecule has 0 spiro atoms. The third-order valence-corrected chi connectivity index (χ3v) is 0.575. The van der Waals surface area contributed by atoms with Crippen LogP contribution < -0.4 is 0 Å². The Morgan fingerprint density at radius 1 is 1.75 bits per heavy atom. The highest BCUT2D eigenvalue weighted by Gasteiger charge is 1.97. The molecule has 8 heavy (non-hydrogen) atoms. The lowest BCUT2D eigenvalue weighted by molar-refractivity contribution is 0.170. The molecule has 0 fully saturated rings. The van der Waals surface area contributed by atoms with Gasteiger partial charge < -0.3 is 10.2 Å². The van der Waals surface area contributed by atoms with Crippen LogP contribution in [0.1, 0.15) is 6.92 Å². The van der Waals surface area contributed by atoms with Crippen molar-refractivity contribution in [1.29, 1.82) is 0 Å². The van der Waals surface area contributed by atoms with Crippen molar-refractivity contribution in [2.45, 2.75) is 13.0 Å². The van der Waals surface area contributed by atoms with Crippen molar-refractivity contribution in [3.05, 3.63) is 11.5 Å². The molecular weight excluding hydrogens is 108 g/mol. The maximum atomic E-state index is 9.39. The molecule has 0 aliphatic rings. The molecule has 1 atom stereocenters. The predicted octanol–water partition coefficient (Wildman–Crippen LogP) is -0.204. The topological polar surface area (TPSA) is 57.5 Å². The summed E-state index contributed by atoms with van der Waals surface area (Å²) in [5.74, 6) is 0.716. The molecule has 0 aromatic carbocycles. The lowest BCUT2D eigenvalue weighted by atomic mass is 10.3. The van der Waals surface area contributed by atoms with Gasteiger partial charge in [-0.15, -0.1) is 0 Å². The van der Waals surface area contributed by atoms with Gasteiger partial charge in [0.05, 0.1) is 0 Å². The maximum Gasteiger partial charge on any atom is 0.180 e. The van der Waals surface area contributed by atoms with E-state index in [4.69, 9.17) is 10.2 Å². The SMILES string of the molecule is CC(O)C(O)=C=C=O. The Balaban J connectivity index is 4.23. The summed E-state index contributed by atoms with van der Waals surface area (Å²) in [5.41, 5.74) is 1.76. The van der Waals surface area contributed by atoms with Crippen LogP contribution in [0.15, 0.2) is 11.5 Å². The number of hydrogen-bond donors (Lipinski definition) is 2. The van der Waals surface area contributed by atoms with Crippen LogP contribution >= 0.6 is 0 Å². The molecule has 0 rings (SSSR count). The highest BCUT2D eigenvalue weighted by atomic mass is 16.3. The normalized spacial score (nSPS) is 11.2. The lowest BCUT2D eigenvalue weighted by Gasteiger charge is -1.94. The summed E-state index contributed by atoms with van der Waals surface area (Å²) >= 11 is 0. The van der Waals surface area contributed by atoms with E-state index < -0.39 is 11.9 Å². The fourth-order valence-corrected chi connectivity index (χ4v) is 0.157. The molecular formula is C5H6O3. The average molecular weight is 114 g/mol. The van der Waals surface area contributed by atoms with E-state index in [1.54, 1.807) is 5.73 Å². The monoisotopic (exact) mass is 114 g/mol. The van der Waals surface area contributed by atoms with Crippen LogP contribution in [0, 0.1) is 0 Å². The number of aliphatic hydroxyl groups is 2. The molecule has 0 aromatic rings. The first-order chi connectivity index (χ1) is 3.68. The Labute approximate surface area is 46.6 Å². The molecule has 1 unspecified atom stereocenters. The minimum absolute atomic E-state index is 0.486. The molecule has 0 aliphatic carbocycles. The Hall–Kier alpha value is -1.01. The Morgan fingerprint density at radius 2 is 2.25 bits per heavy atom. The Kier molecular flexibility index (Phi) is 2.67. The van der Waals surface area contributed by atoms with Crippen molar-refractivity contribution in [2.24, 2.45) is 0 Å². The summed E-state index contributed by atoms with van der Waals surface area (Å²) in [6.07, 6.45) is -1.03. The highest BCUT2D eigenvalue weighted by Crippen LogP contribution is 1.89. The molecule has 0 heterocycles. The first-order valence-corrected chi connectivity index (χ1v) is 2.05. The third kappa shape index (κ3) is 2.21. The van der Waals surface area contributed by atoms with Gasteiger partial charge in [0.15, 0.2) is 11.7 Å². The minimum atomic E-state index is -1.03. The van der Waals surface area contributed by atoms with E-state index in [-0.39, 0.29) is 0 Å². The van der Waals surface area contributed by atoms with Gasteiger partial charge in [-0.1, -0.05) is 0 Å². The first kappa shape index (κ1) is 6.99. The van der Waals surface area contributed by atoms with E-state index in [2.05, 4.69) is 0 Å². The number of aliphatic hydroxyl groups excluding tert-OH is 2. The van der Waals surface area contributed by atoms with Gasteiger partial charge in [0, 0.05) is 5.73 Å². The van der Waals surface area contributed by atoms with Crippen molar-refractivity contribution in [1.82, 2.24) is 0 Å². The van der Waals surface area contributed by atoms with Crippen LogP contribution in [0.4, 0.5) is 0 Å². The molecule has 0 radical (unpaired) electrons. The van der Waals surface area contributed by atoms with Crippen LogP contribution in [-0.4, -0.2) is 22.3 Å².